The molecule has 0 aliphatic carbocycles. The molecule has 1 aromatic heterocycles. The Hall–Kier alpha value is -2.57. The van der Waals surface area contributed by atoms with Crippen molar-refractivity contribution in [1.29, 1.82) is 0 Å². The number of fused-ring (bicyclic) bond motifs is 1. The Balaban J connectivity index is 1.53. The van der Waals surface area contributed by atoms with E-state index in [2.05, 4.69) is 20.6 Å². The molecule has 7 nitrogen and oxygen atoms in total. The van der Waals surface area contributed by atoms with Gasteiger partial charge in [0.2, 0.25) is 0 Å². The third-order valence-corrected chi connectivity index (χ3v) is 4.21. The van der Waals surface area contributed by atoms with Gasteiger partial charge >= 0.3 is 6.03 Å². The molecular weight excluding hydrogens is 306 g/mol. The van der Waals surface area contributed by atoms with Crippen molar-refractivity contribution in [2.75, 3.05) is 13.1 Å². The molecule has 128 valence electrons. The second kappa shape index (κ2) is 6.90. The summed E-state index contributed by atoms with van der Waals surface area (Å²) in [5.41, 5.74) is 2.31. The van der Waals surface area contributed by atoms with Crippen LogP contribution in [-0.4, -0.2) is 52.0 Å². The van der Waals surface area contributed by atoms with Crippen LogP contribution in [0.5, 0.6) is 0 Å². The highest BCUT2D eigenvalue weighted by molar-refractivity contribution is 5.97. The van der Waals surface area contributed by atoms with Crippen molar-refractivity contribution in [3.8, 4) is 0 Å². The van der Waals surface area contributed by atoms with Crippen molar-refractivity contribution in [2.24, 2.45) is 0 Å². The summed E-state index contributed by atoms with van der Waals surface area (Å²) in [6.07, 6.45) is 3.15. The van der Waals surface area contributed by atoms with Crippen molar-refractivity contribution >= 4 is 23.0 Å². The van der Waals surface area contributed by atoms with E-state index in [0.29, 0.717) is 18.7 Å². The molecular formula is C17H23N5O2. The van der Waals surface area contributed by atoms with E-state index < -0.39 is 0 Å². The number of piperidine rings is 1. The molecule has 2 aromatic rings. The summed E-state index contributed by atoms with van der Waals surface area (Å²) in [7, 11) is 0. The second-order valence-corrected chi connectivity index (χ2v) is 6.47. The van der Waals surface area contributed by atoms with Gasteiger partial charge in [0, 0.05) is 30.7 Å². The maximum absolute atomic E-state index is 12.4. The first kappa shape index (κ1) is 16.3. The molecule has 3 amide bonds. The predicted molar refractivity (Wildman–Crippen MR) is 91.8 cm³/mol. The van der Waals surface area contributed by atoms with Crippen LogP contribution in [0.15, 0.2) is 24.5 Å². The average Bonchev–Trinajstić information content (AvgIpc) is 3.02. The van der Waals surface area contributed by atoms with E-state index in [-0.39, 0.29) is 24.0 Å². The Morgan fingerprint density at radius 2 is 2.04 bits per heavy atom. The summed E-state index contributed by atoms with van der Waals surface area (Å²) in [6.45, 7) is 5.20. The van der Waals surface area contributed by atoms with E-state index in [1.807, 2.05) is 26.0 Å². The van der Waals surface area contributed by atoms with Gasteiger partial charge in [-0.15, -0.1) is 0 Å². The number of amides is 3. The maximum atomic E-state index is 12.4. The van der Waals surface area contributed by atoms with Gasteiger partial charge < -0.3 is 20.5 Å². The van der Waals surface area contributed by atoms with Gasteiger partial charge in [0.25, 0.3) is 5.91 Å². The summed E-state index contributed by atoms with van der Waals surface area (Å²) in [5.74, 6) is -0.0865. The van der Waals surface area contributed by atoms with E-state index in [1.54, 1.807) is 17.3 Å². The van der Waals surface area contributed by atoms with Gasteiger partial charge in [0.05, 0.1) is 17.4 Å². The topological polar surface area (TPSA) is 90.1 Å². The summed E-state index contributed by atoms with van der Waals surface area (Å²) in [6, 6.07) is 5.62. The Bertz CT molecular complexity index is 731. The van der Waals surface area contributed by atoms with Gasteiger partial charge in [-0.2, -0.15) is 0 Å². The highest BCUT2D eigenvalue weighted by atomic mass is 16.2. The molecule has 7 heteroatoms. The number of nitrogens with one attached hydrogen (secondary N) is 3. The van der Waals surface area contributed by atoms with Gasteiger partial charge in [-0.25, -0.2) is 9.78 Å². The minimum absolute atomic E-state index is 0.0283. The van der Waals surface area contributed by atoms with Crippen LogP contribution >= 0.6 is 0 Å². The Morgan fingerprint density at radius 1 is 1.29 bits per heavy atom. The molecule has 1 saturated heterocycles. The average molecular weight is 329 g/mol. The van der Waals surface area contributed by atoms with E-state index >= 15 is 0 Å². The number of imidazole rings is 1. The first-order chi connectivity index (χ1) is 11.5. The summed E-state index contributed by atoms with van der Waals surface area (Å²) < 4.78 is 0. The number of likely N-dealkylation sites (tertiary alicyclic amines) is 1. The summed E-state index contributed by atoms with van der Waals surface area (Å²) in [5, 5.41) is 5.96. The fourth-order valence-electron chi connectivity index (χ4n) is 2.91. The van der Waals surface area contributed by atoms with Crippen molar-refractivity contribution in [1.82, 2.24) is 25.5 Å². The lowest BCUT2D eigenvalue weighted by Crippen LogP contribution is -2.50. The number of rotatable bonds is 3. The molecule has 0 bridgehead atoms. The number of carbonyl (C=O) groups is 2. The molecule has 0 saturated carbocycles. The Kier molecular flexibility index (Phi) is 4.69. The molecule has 3 rings (SSSR count). The number of urea groups is 1. The van der Waals surface area contributed by atoms with Crippen molar-refractivity contribution in [3.05, 3.63) is 30.1 Å². The molecule has 1 aliphatic heterocycles. The molecule has 24 heavy (non-hydrogen) atoms. The number of carbonyl (C=O) groups excluding carboxylic acids is 2. The number of aromatic amines is 1. The van der Waals surface area contributed by atoms with Crippen LogP contribution in [0.2, 0.25) is 0 Å². The third-order valence-electron chi connectivity index (χ3n) is 4.21. The molecule has 2 heterocycles. The molecule has 3 N–H and O–H groups in total. The fourth-order valence-corrected chi connectivity index (χ4v) is 2.91. The smallest absolute Gasteiger partial charge is 0.317 e. The second-order valence-electron chi connectivity index (χ2n) is 6.47. The summed E-state index contributed by atoms with van der Waals surface area (Å²) >= 11 is 0. The number of benzene rings is 1. The molecule has 0 atom stereocenters. The molecule has 1 aliphatic rings. The lowest BCUT2D eigenvalue weighted by atomic mass is 10.0. The summed E-state index contributed by atoms with van der Waals surface area (Å²) in [4.78, 5) is 33.3. The first-order valence-corrected chi connectivity index (χ1v) is 8.32. The zero-order valence-corrected chi connectivity index (χ0v) is 14.0. The number of hydrogen-bond donors (Lipinski definition) is 3. The van der Waals surface area contributed by atoms with Crippen molar-refractivity contribution < 1.29 is 9.59 Å². The molecule has 1 aromatic carbocycles. The zero-order chi connectivity index (χ0) is 17.1. The Labute approximate surface area is 140 Å². The molecule has 0 radical (unpaired) electrons. The number of H-pyrrole nitrogens is 1. The molecule has 1 fully saturated rings. The highest BCUT2D eigenvalue weighted by Crippen LogP contribution is 2.14. The van der Waals surface area contributed by atoms with E-state index in [1.165, 1.54) is 0 Å². The van der Waals surface area contributed by atoms with Gasteiger partial charge in [0.15, 0.2) is 0 Å². The van der Waals surface area contributed by atoms with Crippen LogP contribution in [0.3, 0.4) is 0 Å². The minimum atomic E-state index is -0.0865. The fraction of sp³-hybridized carbons (Fsp3) is 0.471. The lowest BCUT2D eigenvalue weighted by Gasteiger charge is -2.32. The minimum Gasteiger partial charge on any atom is -0.349 e. The molecule has 0 spiro atoms. The predicted octanol–water partition coefficient (Wildman–Crippen LogP) is 1.88. The maximum Gasteiger partial charge on any atom is 0.317 e. The number of aromatic nitrogens is 2. The van der Waals surface area contributed by atoms with Gasteiger partial charge in [-0.05, 0) is 44.9 Å². The van der Waals surface area contributed by atoms with Gasteiger partial charge in [0.1, 0.15) is 0 Å². The van der Waals surface area contributed by atoms with Gasteiger partial charge in [-0.3, -0.25) is 4.79 Å². The number of hydrogen-bond acceptors (Lipinski definition) is 3. The normalized spacial score (nSPS) is 15.7. The third kappa shape index (κ3) is 3.67. The quantitative estimate of drug-likeness (QED) is 0.803. The van der Waals surface area contributed by atoms with Crippen molar-refractivity contribution in [3.63, 3.8) is 0 Å². The van der Waals surface area contributed by atoms with E-state index in [4.69, 9.17) is 0 Å². The first-order valence-electron chi connectivity index (χ1n) is 8.32. The zero-order valence-electron chi connectivity index (χ0n) is 14.0. The largest absolute Gasteiger partial charge is 0.349 e. The van der Waals surface area contributed by atoms with E-state index in [9.17, 15) is 9.59 Å². The monoisotopic (exact) mass is 329 g/mol. The van der Waals surface area contributed by atoms with Crippen LogP contribution in [0.1, 0.15) is 37.0 Å². The van der Waals surface area contributed by atoms with Crippen LogP contribution < -0.4 is 10.6 Å². The SMILES string of the molecule is CC(C)NC(=O)N1CCC(NC(=O)c2ccc3nc[nH]c3c2)CC1. The standard InChI is InChI=1S/C17H23N5O2/c1-11(2)20-17(24)22-7-5-13(6-8-22)21-16(23)12-3-4-14-15(9-12)19-10-18-14/h3-4,9-11,13H,5-8H2,1-2H3,(H,18,19)(H,20,24)(H,21,23). The van der Waals surface area contributed by atoms with Crippen LogP contribution in [0.25, 0.3) is 11.0 Å². The number of nitrogens with zero attached hydrogens (tertiary/aromatic N) is 2. The van der Waals surface area contributed by atoms with Crippen molar-refractivity contribution in [2.45, 2.75) is 38.8 Å². The van der Waals surface area contributed by atoms with Crippen LogP contribution in [0, 0.1) is 0 Å². The van der Waals surface area contributed by atoms with Crippen LogP contribution in [-0.2, 0) is 0 Å². The Morgan fingerprint density at radius 3 is 2.75 bits per heavy atom. The van der Waals surface area contributed by atoms with Gasteiger partial charge in [-0.1, -0.05) is 0 Å². The highest BCUT2D eigenvalue weighted by Gasteiger charge is 2.24. The van der Waals surface area contributed by atoms with E-state index in [0.717, 1.165) is 23.9 Å². The molecule has 0 unspecified atom stereocenters. The lowest BCUT2D eigenvalue weighted by molar-refractivity contribution is 0.0918. The van der Waals surface area contributed by atoms with Crippen LogP contribution in [0.4, 0.5) is 4.79 Å².